The van der Waals surface area contributed by atoms with E-state index in [0.717, 1.165) is 45.9 Å². The quantitative estimate of drug-likeness (QED) is 0.0819. The normalized spacial score (nSPS) is 12.7. The summed E-state index contributed by atoms with van der Waals surface area (Å²) in [5.41, 5.74) is 4.19. The zero-order chi connectivity index (χ0) is 42.5. The number of methoxy groups -OCH3 is 1. The molecule has 0 aromatic heterocycles. The van der Waals surface area contributed by atoms with Crippen LogP contribution in [0, 0.1) is 11.6 Å². The largest absolute Gasteiger partial charge is 0.495 e. The number of carbonyl (C=O) groups excluding carboxylic acids is 2. The first kappa shape index (κ1) is 46.4. The predicted molar refractivity (Wildman–Crippen MR) is 233 cm³/mol. The van der Waals surface area contributed by atoms with Gasteiger partial charge >= 0.3 is 5.97 Å². The average molecular weight is 944 g/mol. The summed E-state index contributed by atoms with van der Waals surface area (Å²) in [7, 11) is -6.12. The molecular formula is C44H33BrClF2NNaO8S2. The number of cyclic esters (lactones) is 1. The Bertz CT molecular complexity index is 2910. The molecule has 1 N–H and O–H groups in total. The molecule has 1 aliphatic rings. The monoisotopic (exact) mass is 942 g/mol. The Kier molecular flexibility index (Phi) is 15.3. The summed E-state index contributed by atoms with van der Waals surface area (Å²) in [6.07, 6.45) is 4.45. The number of carbonyl (C=O) groups is 2. The summed E-state index contributed by atoms with van der Waals surface area (Å²) in [4.78, 5) is 24.5. The van der Waals surface area contributed by atoms with Gasteiger partial charge in [-0.3, -0.25) is 4.79 Å². The number of hydrogen-bond acceptors (Lipinski definition) is 8. The molecule has 6 aromatic rings. The van der Waals surface area contributed by atoms with Crippen molar-refractivity contribution in [2.45, 2.75) is 16.2 Å². The molecule has 303 valence electrons. The molecule has 0 spiro atoms. The van der Waals surface area contributed by atoms with E-state index in [1.165, 1.54) is 43.5 Å². The third kappa shape index (κ3) is 11.4. The van der Waals surface area contributed by atoms with Crippen LogP contribution in [0.25, 0.3) is 28.0 Å². The molecule has 0 bridgehead atoms. The third-order valence-electron chi connectivity index (χ3n) is 9.07. The summed E-state index contributed by atoms with van der Waals surface area (Å²) < 4.78 is 87.8. The van der Waals surface area contributed by atoms with Gasteiger partial charge in [0, 0.05) is 57.0 Å². The van der Waals surface area contributed by atoms with E-state index in [-0.39, 0.29) is 62.8 Å². The molecule has 1 amide bonds. The van der Waals surface area contributed by atoms with E-state index in [0.29, 0.717) is 27.1 Å². The van der Waals surface area contributed by atoms with Crippen LogP contribution < -0.4 is 9.46 Å². The Morgan fingerprint density at radius 3 is 2.23 bits per heavy atom. The smallest absolute Gasteiger partial charge is 0.339 e. The van der Waals surface area contributed by atoms with Crippen LogP contribution in [0.3, 0.4) is 0 Å². The summed E-state index contributed by atoms with van der Waals surface area (Å²) in [5.74, 6) is -3.37. The Morgan fingerprint density at radius 2 is 1.55 bits per heavy atom. The molecule has 0 fully saturated rings. The predicted octanol–water partition coefficient (Wildman–Crippen LogP) is 8.83. The van der Waals surface area contributed by atoms with Gasteiger partial charge in [-0.1, -0.05) is 94.3 Å². The molecule has 0 atom stereocenters. The molecule has 6 aromatic carbocycles. The summed E-state index contributed by atoms with van der Waals surface area (Å²) in [5, 5.41) is 2.81. The number of ether oxygens (including phenoxy) is 2. The molecule has 16 heteroatoms. The minimum atomic E-state index is -4.15. The first-order valence-corrected chi connectivity index (χ1v) is 22.1. The van der Waals surface area contributed by atoms with Crippen molar-refractivity contribution < 1.29 is 44.7 Å². The number of esters is 1. The fraction of sp³-hybridized carbons (Fsp3) is 0.0909. The molecule has 9 nitrogen and oxygen atoms in total. The van der Waals surface area contributed by atoms with Crippen molar-refractivity contribution in [2.24, 2.45) is 0 Å². The fourth-order valence-corrected chi connectivity index (χ4v) is 8.64. The van der Waals surface area contributed by atoms with Crippen LogP contribution >= 0.6 is 27.5 Å². The van der Waals surface area contributed by atoms with Gasteiger partial charge in [-0.15, -0.1) is 0 Å². The van der Waals surface area contributed by atoms with Crippen molar-refractivity contribution in [2.75, 3.05) is 20.0 Å². The first-order chi connectivity index (χ1) is 28.0. The molecule has 60 heavy (non-hydrogen) atoms. The van der Waals surface area contributed by atoms with E-state index in [9.17, 15) is 35.2 Å². The van der Waals surface area contributed by atoms with Crippen LogP contribution in [0.15, 0.2) is 142 Å². The molecule has 0 saturated heterocycles. The minimum Gasteiger partial charge on any atom is -0.495 e. The van der Waals surface area contributed by atoms with E-state index in [4.69, 9.17) is 21.1 Å². The number of benzene rings is 6. The van der Waals surface area contributed by atoms with Crippen LogP contribution in [-0.2, 0) is 40.6 Å². The molecule has 1 radical (unpaired) electrons. The van der Waals surface area contributed by atoms with Gasteiger partial charge in [0.05, 0.1) is 17.6 Å². The molecule has 1 heterocycles. The second-order valence-electron chi connectivity index (χ2n) is 13.2. The second kappa shape index (κ2) is 19.8. The van der Waals surface area contributed by atoms with E-state index in [1.54, 1.807) is 36.4 Å². The van der Waals surface area contributed by atoms with Crippen LogP contribution in [0.5, 0.6) is 5.75 Å². The third-order valence-corrected chi connectivity index (χ3v) is 12.3. The van der Waals surface area contributed by atoms with Gasteiger partial charge in [-0.25, -0.2) is 35.1 Å². The number of fused-ring (bicyclic) bond motifs is 1. The van der Waals surface area contributed by atoms with Crippen LogP contribution in [-0.4, -0.2) is 78.2 Å². The Balaban J connectivity index is 0.000000239. The maximum atomic E-state index is 13.5. The summed E-state index contributed by atoms with van der Waals surface area (Å²) in [6, 6.07) is 33.5. The topological polar surface area (TPSA) is 133 Å². The van der Waals surface area contributed by atoms with Gasteiger partial charge in [0.25, 0.3) is 15.9 Å². The van der Waals surface area contributed by atoms with E-state index in [1.807, 2.05) is 18.2 Å². The zero-order valence-corrected chi connectivity index (χ0v) is 38.2. The SMILES string of the molecule is COc1ccc(Br)cc1S(=O)(=O)NC(=O)/C=C/c1cc(Cl)ccc1Cc1ccc2ccccc2c1.CS(=O)(=O)c1ccc(C2=C(c3ccc(F)c(F)c3)C(=O)OC2)cc1.[Na]. The Morgan fingerprint density at radius 1 is 0.850 bits per heavy atom. The number of halogens is 4. The second-order valence-corrected chi connectivity index (χ2v) is 18.2. The molecule has 7 rings (SSSR count). The average Bonchev–Trinajstić information content (AvgIpc) is 3.59. The van der Waals surface area contributed by atoms with Crippen molar-refractivity contribution in [3.05, 3.63) is 176 Å². The van der Waals surface area contributed by atoms with Crippen molar-refractivity contribution in [1.82, 2.24) is 4.72 Å². The van der Waals surface area contributed by atoms with Gasteiger partial charge in [-0.05, 0) is 106 Å². The van der Waals surface area contributed by atoms with Gasteiger partial charge in [0.1, 0.15) is 17.3 Å². The van der Waals surface area contributed by atoms with Crippen molar-refractivity contribution in [1.29, 1.82) is 0 Å². The first-order valence-electron chi connectivity index (χ1n) is 17.5. The van der Waals surface area contributed by atoms with Crippen LogP contribution in [0.1, 0.15) is 27.8 Å². The van der Waals surface area contributed by atoms with Gasteiger partial charge in [-0.2, -0.15) is 0 Å². The van der Waals surface area contributed by atoms with Crippen LogP contribution in [0.4, 0.5) is 8.78 Å². The molecule has 0 saturated carbocycles. The van der Waals surface area contributed by atoms with E-state index < -0.39 is 43.4 Å². The Hall–Kier alpha value is -4.67. The van der Waals surface area contributed by atoms with Gasteiger partial charge in [0.2, 0.25) is 0 Å². The van der Waals surface area contributed by atoms with Gasteiger partial charge in [0.15, 0.2) is 21.5 Å². The van der Waals surface area contributed by atoms with Crippen LogP contribution in [0.2, 0.25) is 5.02 Å². The van der Waals surface area contributed by atoms with Crippen molar-refractivity contribution >= 4 is 117 Å². The Labute approximate surface area is 381 Å². The standard InChI is InChI=1S/C27H21BrClNO4S.C17H12F2O4S.Na/c1-34-25-12-10-23(28)17-26(25)35(32,33)30-27(31)13-9-22-16-24(29)11-8-21(22)15-18-6-7-19-4-2-3-5-20(19)14-18;1-24(21,22)12-5-2-10(3-6-12)13-9-23-17(20)16(13)11-4-7-14(18)15(19)8-11;/h2-14,16-17H,15H2,1H3,(H,30,31);2-8H,9H2,1H3;/b13-9+;;. The van der Waals surface area contributed by atoms with Gasteiger partial charge < -0.3 is 9.47 Å². The number of sulfone groups is 1. The zero-order valence-electron chi connectivity index (χ0n) is 32.2. The van der Waals surface area contributed by atoms with E-state index >= 15 is 0 Å². The number of amides is 1. The van der Waals surface area contributed by atoms with Crippen molar-refractivity contribution in [3.8, 4) is 5.75 Å². The molecular weight excluding hydrogens is 911 g/mol. The molecule has 1 aliphatic heterocycles. The number of sulfonamides is 1. The summed E-state index contributed by atoms with van der Waals surface area (Å²) >= 11 is 9.44. The maximum Gasteiger partial charge on any atom is 0.339 e. The number of nitrogens with one attached hydrogen (secondary N) is 1. The maximum absolute atomic E-state index is 13.5. The molecule has 0 aliphatic carbocycles. The van der Waals surface area contributed by atoms with Crippen molar-refractivity contribution in [3.63, 3.8) is 0 Å². The fourth-order valence-electron chi connectivity index (χ4n) is 6.18. The number of rotatable bonds is 10. The number of hydrogen-bond donors (Lipinski definition) is 1. The van der Waals surface area contributed by atoms with E-state index in [2.05, 4.69) is 51.0 Å². The summed E-state index contributed by atoms with van der Waals surface area (Å²) in [6.45, 7) is -0.0224. The molecule has 0 unspecified atom stereocenters. The minimum absolute atomic E-state index is 0.